The van der Waals surface area contributed by atoms with Crippen LogP contribution in [0.25, 0.3) is 0 Å². The predicted molar refractivity (Wildman–Crippen MR) is 92.0 cm³/mol. The molecule has 0 bridgehead atoms. The number of hydrogen-bond acceptors (Lipinski definition) is 5. The molecule has 0 fully saturated rings. The van der Waals surface area contributed by atoms with Gasteiger partial charge in [0.1, 0.15) is 6.54 Å². The topological polar surface area (TPSA) is 61.9 Å². The van der Waals surface area contributed by atoms with Gasteiger partial charge in [-0.25, -0.2) is 5.43 Å². The molecule has 6 nitrogen and oxygen atoms in total. The Hall–Kier alpha value is -2.00. The summed E-state index contributed by atoms with van der Waals surface area (Å²) < 4.78 is 43.8. The van der Waals surface area contributed by atoms with E-state index in [1.165, 1.54) is 7.11 Å². The first kappa shape index (κ1) is 19.8. The molecule has 2 heterocycles. The lowest BCUT2D eigenvalue weighted by molar-refractivity contribution is -0.165. The molecule has 1 N–H and O–H groups in total. The average molecular weight is 406 g/mol. The fourth-order valence-corrected chi connectivity index (χ4v) is 4.04. The fourth-order valence-electron chi connectivity index (χ4n) is 3.67. The SMILES string of the molecule is COC(=O)C[C@@H]1Cc2cc(Cl)c3c(c2CN(CC(F)(F)F)C1=O)CNN3C. The predicted octanol–water partition coefficient (Wildman–Crippen LogP) is 2.42. The Morgan fingerprint density at radius 1 is 1.41 bits per heavy atom. The smallest absolute Gasteiger partial charge is 0.406 e. The molecule has 0 aliphatic carbocycles. The fraction of sp³-hybridized carbons (Fsp3) is 0.529. The van der Waals surface area contributed by atoms with Gasteiger partial charge in [-0.1, -0.05) is 11.6 Å². The van der Waals surface area contributed by atoms with E-state index in [9.17, 15) is 22.8 Å². The van der Waals surface area contributed by atoms with Crippen molar-refractivity contribution >= 4 is 29.2 Å². The second-order valence-corrected chi connectivity index (χ2v) is 7.12. The Balaban J connectivity index is 2.06. The summed E-state index contributed by atoms with van der Waals surface area (Å²) >= 11 is 6.36. The molecule has 0 saturated carbocycles. The van der Waals surface area contributed by atoms with Gasteiger partial charge >= 0.3 is 12.1 Å². The van der Waals surface area contributed by atoms with Crippen molar-refractivity contribution in [3.63, 3.8) is 0 Å². The summed E-state index contributed by atoms with van der Waals surface area (Å²) in [5.74, 6) is -2.28. The van der Waals surface area contributed by atoms with Crippen molar-refractivity contribution in [3.8, 4) is 0 Å². The summed E-state index contributed by atoms with van der Waals surface area (Å²) in [4.78, 5) is 25.2. The van der Waals surface area contributed by atoms with Gasteiger partial charge in [-0.3, -0.25) is 9.59 Å². The van der Waals surface area contributed by atoms with Gasteiger partial charge < -0.3 is 14.6 Å². The molecule has 3 rings (SSSR count). The summed E-state index contributed by atoms with van der Waals surface area (Å²) in [5, 5.41) is 2.16. The summed E-state index contributed by atoms with van der Waals surface area (Å²) in [6.45, 7) is -1.14. The largest absolute Gasteiger partial charge is 0.469 e. The molecule has 1 aromatic carbocycles. The van der Waals surface area contributed by atoms with Crippen LogP contribution in [0.3, 0.4) is 0 Å². The Bertz CT molecular complexity index is 785. The summed E-state index contributed by atoms with van der Waals surface area (Å²) in [6, 6.07) is 1.67. The number of rotatable bonds is 3. The van der Waals surface area contributed by atoms with Crippen LogP contribution in [0.5, 0.6) is 0 Å². The number of methoxy groups -OCH3 is 1. The van der Waals surface area contributed by atoms with Crippen LogP contribution >= 0.6 is 11.6 Å². The van der Waals surface area contributed by atoms with Gasteiger partial charge in [-0.2, -0.15) is 13.2 Å². The lowest BCUT2D eigenvalue weighted by Crippen LogP contribution is -2.41. The second kappa shape index (κ2) is 7.20. The van der Waals surface area contributed by atoms with E-state index in [0.29, 0.717) is 28.4 Å². The number of nitrogens with zero attached hydrogens (tertiary/aromatic N) is 2. The molecule has 10 heteroatoms. The highest BCUT2D eigenvalue weighted by Crippen LogP contribution is 2.40. The summed E-state index contributed by atoms with van der Waals surface area (Å²) in [7, 11) is 2.94. The molecule has 1 aromatic rings. The van der Waals surface area contributed by atoms with Crippen molar-refractivity contribution in [3.05, 3.63) is 27.8 Å². The third-order valence-electron chi connectivity index (χ3n) is 4.88. The van der Waals surface area contributed by atoms with E-state index < -0.39 is 30.5 Å². The van der Waals surface area contributed by atoms with Crippen LogP contribution in [-0.2, 0) is 33.8 Å². The van der Waals surface area contributed by atoms with Crippen molar-refractivity contribution in [2.75, 3.05) is 25.7 Å². The van der Waals surface area contributed by atoms with E-state index in [-0.39, 0.29) is 19.4 Å². The molecule has 148 valence electrons. The molecule has 0 unspecified atom stereocenters. The van der Waals surface area contributed by atoms with Crippen LogP contribution in [-0.4, -0.2) is 43.7 Å². The van der Waals surface area contributed by atoms with Crippen LogP contribution < -0.4 is 10.4 Å². The Labute approximate surface area is 159 Å². The molecular formula is C17H19ClF3N3O3. The molecule has 2 aliphatic heterocycles. The highest BCUT2D eigenvalue weighted by atomic mass is 35.5. The van der Waals surface area contributed by atoms with Crippen LogP contribution in [0, 0.1) is 5.92 Å². The van der Waals surface area contributed by atoms with Crippen molar-refractivity contribution in [1.29, 1.82) is 0 Å². The van der Waals surface area contributed by atoms with Crippen molar-refractivity contribution in [1.82, 2.24) is 10.3 Å². The molecular weight excluding hydrogens is 387 g/mol. The van der Waals surface area contributed by atoms with Crippen molar-refractivity contribution in [2.45, 2.75) is 32.1 Å². The standard InChI is InChI=1S/C17H19ClF3N3O3/c1-23-15-11(6-22-23)12-7-24(8-17(19,20)21)16(26)10(5-14(25)27-2)3-9(12)4-13(15)18/h4,10,22H,3,5-8H2,1-2H3/t10-/m0/s1. The zero-order chi connectivity index (χ0) is 19.9. The maximum Gasteiger partial charge on any atom is 0.406 e. The maximum absolute atomic E-state index is 13.1. The zero-order valence-electron chi connectivity index (χ0n) is 14.8. The van der Waals surface area contributed by atoms with E-state index in [1.54, 1.807) is 18.1 Å². The lowest BCUT2D eigenvalue weighted by Gasteiger charge is -2.25. The molecule has 1 amide bonds. The molecule has 0 radical (unpaired) electrons. The number of benzene rings is 1. The number of halogens is 4. The number of hydrazine groups is 1. The number of carbonyl (C=O) groups is 2. The highest BCUT2D eigenvalue weighted by Gasteiger charge is 2.40. The van der Waals surface area contributed by atoms with Crippen LogP contribution in [0.1, 0.15) is 23.1 Å². The van der Waals surface area contributed by atoms with E-state index >= 15 is 0 Å². The van der Waals surface area contributed by atoms with Crippen LogP contribution in [0.15, 0.2) is 6.07 Å². The molecule has 27 heavy (non-hydrogen) atoms. The van der Waals surface area contributed by atoms with Gasteiger partial charge in [0.2, 0.25) is 5.91 Å². The number of hydrogen-bond donors (Lipinski definition) is 1. The summed E-state index contributed by atoms with van der Waals surface area (Å²) in [5.41, 5.74) is 5.88. The first-order chi connectivity index (χ1) is 12.6. The second-order valence-electron chi connectivity index (χ2n) is 6.71. The van der Waals surface area contributed by atoms with E-state index in [1.807, 2.05) is 0 Å². The van der Waals surface area contributed by atoms with Gasteiger partial charge in [0, 0.05) is 20.1 Å². The van der Waals surface area contributed by atoms with Gasteiger partial charge in [-0.15, -0.1) is 0 Å². The van der Waals surface area contributed by atoms with Crippen LogP contribution in [0.4, 0.5) is 18.9 Å². The molecule has 0 saturated heterocycles. The van der Waals surface area contributed by atoms with E-state index in [0.717, 1.165) is 10.5 Å². The van der Waals surface area contributed by atoms with Gasteiger partial charge in [-0.05, 0) is 29.2 Å². The first-order valence-corrected chi connectivity index (χ1v) is 8.71. The molecule has 0 aromatic heterocycles. The van der Waals surface area contributed by atoms with Crippen molar-refractivity contribution < 1.29 is 27.5 Å². The molecule has 1 atom stereocenters. The Morgan fingerprint density at radius 2 is 2.11 bits per heavy atom. The lowest BCUT2D eigenvalue weighted by atomic mass is 9.91. The van der Waals surface area contributed by atoms with Crippen LogP contribution in [0.2, 0.25) is 5.02 Å². The van der Waals surface area contributed by atoms with E-state index in [4.69, 9.17) is 11.6 Å². The average Bonchev–Trinajstić information content (AvgIpc) is 2.91. The first-order valence-electron chi connectivity index (χ1n) is 8.33. The minimum atomic E-state index is -4.54. The van der Waals surface area contributed by atoms with Gasteiger partial charge in [0.05, 0.1) is 30.2 Å². The number of nitrogens with one attached hydrogen (secondary N) is 1. The van der Waals surface area contributed by atoms with Gasteiger partial charge in [0.25, 0.3) is 0 Å². The number of amides is 1. The molecule has 2 aliphatic rings. The Kier molecular flexibility index (Phi) is 5.27. The summed E-state index contributed by atoms with van der Waals surface area (Å²) in [6.07, 6.45) is -4.69. The monoisotopic (exact) mass is 405 g/mol. The normalized spacial score (nSPS) is 19.6. The number of anilines is 1. The molecule has 0 spiro atoms. The number of alkyl halides is 3. The quantitative estimate of drug-likeness (QED) is 0.783. The third kappa shape index (κ3) is 3.98. The third-order valence-corrected chi connectivity index (χ3v) is 5.17. The zero-order valence-corrected chi connectivity index (χ0v) is 15.6. The number of carbonyl (C=O) groups excluding carboxylic acids is 2. The maximum atomic E-state index is 13.1. The number of ether oxygens (including phenoxy) is 1. The van der Waals surface area contributed by atoms with E-state index in [2.05, 4.69) is 10.2 Å². The number of esters is 1. The minimum Gasteiger partial charge on any atom is -0.469 e. The number of fused-ring (bicyclic) bond motifs is 3. The Morgan fingerprint density at radius 3 is 2.74 bits per heavy atom. The minimum absolute atomic E-state index is 0.133. The van der Waals surface area contributed by atoms with Gasteiger partial charge in [0.15, 0.2) is 0 Å². The van der Waals surface area contributed by atoms with Crippen molar-refractivity contribution in [2.24, 2.45) is 5.92 Å². The highest BCUT2D eigenvalue weighted by molar-refractivity contribution is 6.33.